The summed E-state index contributed by atoms with van der Waals surface area (Å²) in [7, 11) is 1.34. The minimum atomic E-state index is -0.591. The number of carbonyl (C=O) groups is 2. The summed E-state index contributed by atoms with van der Waals surface area (Å²) in [6.45, 7) is 6.78. The van der Waals surface area contributed by atoms with Crippen molar-refractivity contribution in [1.29, 1.82) is 0 Å². The Hall–Kier alpha value is -1.83. The van der Waals surface area contributed by atoms with Crippen LogP contribution in [0.4, 0.5) is 4.79 Å². The molecule has 0 saturated carbocycles. The van der Waals surface area contributed by atoms with Gasteiger partial charge in [0.1, 0.15) is 18.0 Å². The monoisotopic (exact) mass is 314 g/mol. The van der Waals surface area contributed by atoms with Crippen molar-refractivity contribution in [3.63, 3.8) is 0 Å². The number of hydrazone groups is 1. The Morgan fingerprint density at radius 3 is 2.45 bits per heavy atom. The Morgan fingerprint density at radius 2 is 1.95 bits per heavy atom. The lowest BCUT2D eigenvalue weighted by Gasteiger charge is -2.32. The van der Waals surface area contributed by atoms with Gasteiger partial charge in [-0.2, -0.15) is 5.10 Å². The topological polar surface area (TPSA) is 106 Å². The number of hydrogen-bond acceptors (Lipinski definition) is 6. The van der Waals surface area contributed by atoms with E-state index in [4.69, 9.17) is 10.5 Å². The number of methoxy groups -OCH3 is 1. The molecule has 22 heavy (non-hydrogen) atoms. The molecule has 1 atom stereocenters. The molecule has 0 aliphatic carbocycles. The lowest BCUT2D eigenvalue weighted by atomic mass is 9.90. The predicted molar refractivity (Wildman–Crippen MR) is 82.2 cm³/mol. The van der Waals surface area contributed by atoms with E-state index in [1.54, 1.807) is 27.1 Å². The van der Waals surface area contributed by atoms with Crippen LogP contribution in [-0.2, 0) is 14.3 Å². The number of nitrogens with two attached hydrogens (primary N) is 1. The van der Waals surface area contributed by atoms with Crippen LogP contribution in [-0.4, -0.2) is 55.1 Å². The molecule has 1 rings (SSSR count). The van der Waals surface area contributed by atoms with Gasteiger partial charge in [-0.3, -0.25) is 4.79 Å². The van der Waals surface area contributed by atoms with Gasteiger partial charge in [-0.05, 0) is 39.5 Å². The predicted octanol–water partition coefficient (Wildman–Crippen LogP) is 0.667. The van der Waals surface area contributed by atoms with E-state index in [1.807, 2.05) is 4.90 Å². The quantitative estimate of drug-likeness (QED) is 0.342. The minimum absolute atomic E-state index is 0.107. The lowest BCUT2D eigenvalue weighted by molar-refractivity contribution is -0.143. The van der Waals surface area contributed by atoms with Gasteiger partial charge in [0.2, 0.25) is 0 Å². The number of esters is 1. The third kappa shape index (κ3) is 6.30. The summed E-state index contributed by atoms with van der Waals surface area (Å²) >= 11 is 0. The Kier molecular flexibility index (Phi) is 6.61. The maximum Gasteiger partial charge on any atom is 0.428 e. The van der Waals surface area contributed by atoms with Gasteiger partial charge in [0, 0.05) is 13.1 Å². The van der Waals surface area contributed by atoms with Gasteiger partial charge in [0.15, 0.2) is 0 Å². The molecule has 126 valence electrons. The van der Waals surface area contributed by atoms with Gasteiger partial charge < -0.3 is 20.1 Å². The molecule has 8 nitrogen and oxygen atoms in total. The summed E-state index contributed by atoms with van der Waals surface area (Å²) in [6.07, 6.45) is 2.51. The molecule has 0 aromatic rings. The van der Waals surface area contributed by atoms with Crippen LogP contribution < -0.4 is 11.2 Å². The van der Waals surface area contributed by atoms with Gasteiger partial charge in [0.25, 0.3) is 0 Å². The van der Waals surface area contributed by atoms with Crippen molar-refractivity contribution in [1.82, 2.24) is 10.3 Å². The summed E-state index contributed by atoms with van der Waals surface area (Å²) in [5, 5.41) is 3.85. The van der Waals surface area contributed by atoms with Crippen molar-refractivity contribution in [3.8, 4) is 0 Å². The van der Waals surface area contributed by atoms with E-state index in [1.165, 1.54) is 7.11 Å². The van der Waals surface area contributed by atoms with Gasteiger partial charge in [-0.15, -0.1) is 0 Å². The van der Waals surface area contributed by atoms with Gasteiger partial charge in [0.05, 0.1) is 7.11 Å². The lowest BCUT2D eigenvalue weighted by Crippen LogP contribution is -2.45. The highest BCUT2D eigenvalue weighted by Crippen LogP contribution is 2.19. The Balaban J connectivity index is 2.32. The molecule has 0 spiro atoms. The number of rotatable bonds is 4. The maximum absolute atomic E-state index is 11.4. The fraction of sp³-hybridized carbons (Fsp3) is 0.786. The summed E-state index contributed by atoms with van der Waals surface area (Å²) in [5.74, 6) is -0.269. The zero-order valence-corrected chi connectivity index (χ0v) is 13.7. The van der Waals surface area contributed by atoms with Crippen LogP contribution in [0.15, 0.2) is 5.10 Å². The highest BCUT2D eigenvalue weighted by atomic mass is 16.6. The molecule has 0 aromatic heterocycles. The van der Waals surface area contributed by atoms with Gasteiger partial charge in [-0.1, -0.05) is 0 Å². The van der Waals surface area contributed by atoms with Crippen molar-refractivity contribution < 1.29 is 19.1 Å². The largest absolute Gasteiger partial charge is 0.468 e. The number of nitrogens with one attached hydrogen (secondary N) is 1. The number of piperidine rings is 1. The van der Waals surface area contributed by atoms with Crippen molar-refractivity contribution in [2.24, 2.45) is 16.8 Å². The molecule has 0 unspecified atom stereocenters. The first-order valence-corrected chi connectivity index (χ1v) is 7.32. The normalized spacial score (nSPS) is 18.1. The second kappa shape index (κ2) is 7.98. The Morgan fingerprint density at radius 1 is 1.36 bits per heavy atom. The molecule has 0 bridgehead atoms. The van der Waals surface area contributed by atoms with E-state index < -0.39 is 17.7 Å². The second-order valence-electron chi connectivity index (χ2n) is 6.28. The Labute approximate surface area is 131 Å². The van der Waals surface area contributed by atoms with Crippen molar-refractivity contribution in [2.75, 3.05) is 20.2 Å². The van der Waals surface area contributed by atoms with Crippen molar-refractivity contribution >= 4 is 18.4 Å². The van der Waals surface area contributed by atoms with E-state index in [9.17, 15) is 9.59 Å². The first-order chi connectivity index (χ1) is 10.2. The summed E-state index contributed by atoms with van der Waals surface area (Å²) in [6, 6.07) is -0.580. The third-order valence-corrected chi connectivity index (χ3v) is 3.33. The number of carbonyl (C=O) groups excluding carboxylic acids is 2. The van der Waals surface area contributed by atoms with Crippen LogP contribution in [0.3, 0.4) is 0 Å². The standard InChI is InChI=1S/C14H26N4O4/c1-14(2,3)22-13(20)17-16-9-18-7-5-10(6-8-18)11(15)12(19)21-4/h9-11H,5-8,15H2,1-4H3,(H,17,20)/t11-/m0/s1. The molecule has 1 amide bonds. The van der Waals surface area contributed by atoms with E-state index in [0.717, 1.165) is 25.9 Å². The summed E-state index contributed by atoms with van der Waals surface area (Å²) in [5.41, 5.74) is 7.61. The molecular weight excluding hydrogens is 288 g/mol. The van der Waals surface area contributed by atoms with Crippen LogP contribution in [0.25, 0.3) is 0 Å². The average Bonchev–Trinajstić information content (AvgIpc) is 2.44. The van der Waals surface area contributed by atoms with E-state index >= 15 is 0 Å². The molecule has 8 heteroatoms. The van der Waals surface area contributed by atoms with Crippen LogP contribution in [0.1, 0.15) is 33.6 Å². The van der Waals surface area contributed by atoms with Gasteiger partial charge in [-0.25, -0.2) is 10.2 Å². The molecule has 0 aromatic carbocycles. The van der Waals surface area contributed by atoms with Crippen molar-refractivity contribution in [3.05, 3.63) is 0 Å². The van der Waals surface area contributed by atoms with Crippen LogP contribution in [0, 0.1) is 5.92 Å². The molecule has 1 aliphatic rings. The SMILES string of the molecule is COC(=O)[C@@H](N)C1CCN(C=NNC(=O)OC(C)(C)C)CC1. The third-order valence-electron chi connectivity index (χ3n) is 3.33. The van der Waals surface area contributed by atoms with Crippen molar-refractivity contribution in [2.45, 2.75) is 45.3 Å². The molecule has 1 heterocycles. The number of ether oxygens (including phenoxy) is 2. The zero-order chi connectivity index (χ0) is 16.8. The summed E-state index contributed by atoms with van der Waals surface area (Å²) < 4.78 is 9.72. The maximum atomic E-state index is 11.4. The molecule has 3 N–H and O–H groups in total. The first kappa shape index (κ1) is 18.2. The molecule has 1 saturated heterocycles. The van der Waals surface area contributed by atoms with E-state index in [0.29, 0.717) is 0 Å². The first-order valence-electron chi connectivity index (χ1n) is 7.32. The van der Waals surface area contributed by atoms with Crippen LogP contribution in [0.2, 0.25) is 0 Å². The fourth-order valence-electron chi connectivity index (χ4n) is 2.19. The Bertz CT molecular complexity index is 412. The molecule has 1 aliphatic heterocycles. The smallest absolute Gasteiger partial charge is 0.428 e. The average molecular weight is 314 g/mol. The minimum Gasteiger partial charge on any atom is -0.468 e. The molecule has 0 radical (unpaired) electrons. The highest BCUT2D eigenvalue weighted by molar-refractivity contribution is 5.75. The van der Waals surface area contributed by atoms with Crippen LogP contribution >= 0.6 is 0 Å². The number of nitrogens with zero attached hydrogens (tertiary/aromatic N) is 2. The second-order valence-corrected chi connectivity index (χ2v) is 6.28. The summed E-state index contributed by atoms with van der Waals surface area (Å²) in [4.78, 5) is 24.8. The zero-order valence-electron chi connectivity index (χ0n) is 13.7. The van der Waals surface area contributed by atoms with Crippen LogP contribution in [0.5, 0.6) is 0 Å². The fourth-order valence-corrected chi connectivity index (χ4v) is 2.19. The molecular formula is C14H26N4O4. The van der Waals surface area contributed by atoms with E-state index in [2.05, 4.69) is 15.3 Å². The molecule has 1 fully saturated rings. The number of amides is 1. The van der Waals surface area contributed by atoms with E-state index in [-0.39, 0.29) is 11.9 Å². The number of hydrogen-bond donors (Lipinski definition) is 2. The number of likely N-dealkylation sites (tertiary alicyclic amines) is 1. The van der Waals surface area contributed by atoms with Gasteiger partial charge >= 0.3 is 12.1 Å². The highest BCUT2D eigenvalue weighted by Gasteiger charge is 2.28.